The fourth-order valence-corrected chi connectivity index (χ4v) is 2.07. The lowest BCUT2D eigenvalue weighted by molar-refractivity contribution is -0.442. The van der Waals surface area contributed by atoms with E-state index in [1.807, 2.05) is 6.92 Å². The molecule has 0 aliphatic carbocycles. The molecule has 1 rings (SSSR count). The molecule has 0 unspecified atom stereocenters. The van der Waals surface area contributed by atoms with Crippen LogP contribution in [0.25, 0.3) is 0 Å². The van der Waals surface area contributed by atoms with Gasteiger partial charge in [0.25, 0.3) is 0 Å². The van der Waals surface area contributed by atoms with Crippen LogP contribution in [0.1, 0.15) is 27.2 Å². The van der Waals surface area contributed by atoms with Gasteiger partial charge in [-0.1, -0.05) is 5.57 Å². The first-order chi connectivity index (χ1) is 8.26. The van der Waals surface area contributed by atoms with Gasteiger partial charge in [-0.05, 0) is 20.8 Å². The van der Waals surface area contributed by atoms with E-state index in [-0.39, 0.29) is 6.61 Å². The summed E-state index contributed by atoms with van der Waals surface area (Å²) in [4.78, 5) is 11.4. The van der Waals surface area contributed by atoms with Gasteiger partial charge in [-0.3, -0.25) is 0 Å². The molecule has 0 N–H and O–H groups in total. The maximum Gasteiger partial charge on any atom is 0.221 e. The van der Waals surface area contributed by atoms with E-state index in [0.29, 0.717) is 6.42 Å². The van der Waals surface area contributed by atoms with Crippen LogP contribution in [0.5, 0.6) is 0 Å². The molecule has 1 aliphatic rings. The van der Waals surface area contributed by atoms with Gasteiger partial charge >= 0.3 is 0 Å². The predicted molar refractivity (Wildman–Crippen MR) is 66.1 cm³/mol. The van der Waals surface area contributed by atoms with E-state index in [4.69, 9.17) is 18.9 Å². The maximum absolute atomic E-state index is 11.4. The number of methoxy groups -OCH3 is 2. The van der Waals surface area contributed by atoms with E-state index < -0.39 is 17.2 Å². The molecule has 1 fully saturated rings. The summed E-state index contributed by atoms with van der Waals surface area (Å²) in [5.74, 6) is -2.24. The molecule has 5 nitrogen and oxygen atoms in total. The third-order valence-electron chi connectivity index (χ3n) is 3.41. The molecular weight excluding hydrogens is 236 g/mol. The van der Waals surface area contributed by atoms with E-state index >= 15 is 0 Å². The molecule has 0 aromatic carbocycles. The lowest BCUT2D eigenvalue weighted by atomic mass is 9.94. The Morgan fingerprint density at radius 2 is 1.89 bits per heavy atom. The Hall–Kier alpha value is -0.750. The first-order valence-corrected chi connectivity index (χ1v) is 5.81. The molecule has 0 radical (unpaired) electrons. The minimum absolute atomic E-state index is 0.104. The molecule has 3 atom stereocenters. The summed E-state index contributed by atoms with van der Waals surface area (Å²) in [5, 5.41) is 0. The second-order valence-corrected chi connectivity index (χ2v) is 5.01. The average molecular weight is 258 g/mol. The molecule has 0 saturated carbocycles. The molecule has 18 heavy (non-hydrogen) atoms. The molecule has 1 heterocycles. The SMILES string of the molecule is C=C(C)C[C@]1(C=O)CO[C@@](C)(OC)[C@](C)(OC)O1. The first-order valence-electron chi connectivity index (χ1n) is 5.81. The van der Waals surface area contributed by atoms with Gasteiger partial charge in [0.15, 0.2) is 11.9 Å². The van der Waals surface area contributed by atoms with E-state index in [1.54, 1.807) is 13.8 Å². The standard InChI is InChI=1S/C13H22O5/c1-10(2)7-13(8-14)9-17-11(3,15-5)12(4,16-6)18-13/h8H,1,7,9H2,2-6H3/t11-,12-,13+/m1/s1. The third-order valence-corrected chi connectivity index (χ3v) is 3.41. The number of rotatable bonds is 5. The average Bonchev–Trinajstić information content (AvgIpc) is 2.33. The largest absolute Gasteiger partial charge is 0.349 e. The Morgan fingerprint density at radius 1 is 1.33 bits per heavy atom. The Morgan fingerprint density at radius 3 is 2.28 bits per heavy atom. The molecule has 5 heteroatoms. The number of aldehydes is 1. The van der Waals surface area contributed by atoms with Gasteiger partial charge in [0.05, 0.1) is 6.61 Å². The maximum atomic E-state index is 11.4. The van der Waals surface area contributed by atoms with Gasteiger partial charge in [-0.2, -0.15) is 0 Å². The summed E-state index contributed by atoms with van der Waals surface area (Å²) in [6.45, 7) is 9.15. The van der Waals surface area contributed by atoms with Crippen LogP contribution in [0.4, 0.5) is 0 Å². The fraction of sp³-hybridized carbons (Fsp3) is 0.769. The zero-order chi connectivity index (χ0) is 14.0. The van der Waals surface area contributed by atoms with Crippen molar-refractivity contribution in [3.63, 3.8) is 0 Å². The summed E-state index contributed by atoms with van der Waals surface area (Å²) in [5.41, 5.74) is -0.237. The van der Waals surface area contributed by atoms with Crippen molar-refractivity contribution in [2.45, 2.75) is 44.4 Å². The highest BCUT2D eigenvalue weighted by molar-refractivity contribution is 5.64. The quantitative estimate of drug-likeness (QED) is 0.554. The topological polar surface area (TPSA) is 54.0 Å². The predicted octanol–water partition coefficient (Wildman–Crippen LogP) is 1.66. The Balaban J connectivity index is 3.05. The van der Waals surface area contributed by atoms with Crippen LogP contribution in [0.3, 0.4) is 0 Å². The highest BCUT2D eigenvalue weighted by Gasteiger charge is 2.58. The van der Waals surface area contributed by atoms with Gasteiger partial charge in [-0.15, -0.1) is 6.58 Å². The van der Waals surface area contributed by atoms with Crippen molar-refractivity contribution < 1.29 is 23.7 Å². The Bertz CT molecular complexity index is 342. The molecular formula is C13H22O5. The van der Waals surface area contributed by atoms with Crippen molar-refractivity contribution in [2.24, 2.45) is 0 Å². The van der Waals surface area contributed by atoms with Crippen molar-refractivity contribution in [1.29, 1.82) is 0 Å². The van der Waals surface area contributed by atoms with E-state index in [9.17, 15) is 4.79 Å². The van der Waals surface area contributed by atoms with Crippen LogP contribution in [0, 0.1) is 0 Å². The summed E-state index contributed by atoms with van der Waals surface area (Å²) < 4.78 is 22.2. The summed E-state index contributed by atoms with van der Waals surface area (Å²) in [6.07, 6.45) is 1.13. The zero-order valence-corrected chi connectivity index (χ0v) is 11.7. The van der Waals surface area contributed by atoms with Crippen LogP contribution in [0.2, 0.25) is 0 Å². The van der Waals surface area contributed by atoms with Gasteiger partial charge in [0.2, 0.25) is 11.6 Å². The third kappa shape index (κ3) is 2.49. The molecule has 0 bridgehead atoms. The van der Waals surface area contributed by atoms with Crippen LogP contribution in [-0.2, 0) is 23.7 Å². The zero-order valence-electron chi connectivity index (χ0n) is 11.7. The number of hydrogen-bond acceptors (Lipinski definition) is 5. The van der Waals surface area contributed by atoms with Gasteiger partial charge in [-0.25, -0.2) is 0 Å². The summed E-state index contributed by atoms with van der Waals surface area (Å²) in [7, 11) is 3.00. The molecule has 1 aliphatic heterocycles. The fourth-order valence-electron chi connectivity index (χ4n) is 2.07. The number of carbonyl (C=O) groups is 1. The van der Waals surface area contributed by atoms with Crippen molar-refractivity contribution >= 4 is 6.29 Å². The second-order valence-electron chi connectivity index (χ2n) is 5.01. The molecule has 0 amide bonds. The van der Waals surface area contributed by atoms with Crippen LogP contribution in [0.15, 0.2) is 12.2 Å². The lowest BCUT2D eigenvalue weighted by Gasteiger charge is -2.52. The Kier molecular flexibility index (Phi) is 4.33. The number of hydrogen-bond donors (Lipinski definition) is 0. The van der Waals surface area contributed by atoms with Crippen molar-refractivity contribution in [3.8, 4) is 0 Å². The van der Waals surface area contributed by atoms with Gasteiger partial charge in [0.1, 0.15) is 0 Å². The van der Waals surface area contributed by atoms with Crippen molar-refractivity contribution in [2.75, 3.05) is 20.8 Å². The van der Waals surface area contributed by atoms with Crippen LogP contribution in [-0.4, -0.2) is 44.3 Å². The smallest absolute Gasteiger partial charge is 0.221 e. The van der Waals surface area contributed by atoms with Gasteiger partial charge < -0.3 is 23.7 Å². The van der Waals surface area contributed by atoms with E-state index in [2.05, 4.69) is 6.58 Å². The van der Waals surface area contributed by atoms with Crippen LogP contribution >= 0.6 is 0 Å². The van der Waals surface area contributed by atoms with E-state index in [1.165, 1.54) is 14.2 Å². The molecule has 0 aromatic heterocycles. The molecule has 104 valence electrons. The highest BCUT2D eigenvalue weighted by atomic mass is 16.8. The first kappa shape index (κ1) is 15.3. The minimum Gasteiger partial charge on any atom is -0.349 e. The Labute approximate surface area is 108 Å². The second kappa shape index (κ2) is 5.09. The minimum atomic E-state index is -1.17. The molecule has 0 aromatic rings. The lowest BCUT2D eigenvalue weighted by Crippen LogP contribution is -2.66. The normalized spacial score (nSPS) is 40.5. The van der Waals surface area contributed by atoms with E-state index in [0.717, 1.165) is 11.9 Å². The number of carbonyl (C=O) groups excluding carboxylic acids is 1. The van der Waals surface area contributed by atoms with Crippen molar-refractivity contribution in [1.82, 2.24) is 0 Å². The van der Waals surface area contributed by atoms with Crippen LogP contribution < -0.4 is 0 Å². The molecule has 0 spiro atoms. The summed E-state index contributed by atoms with van der Waals surface area (Å²) >= 11 is 0. The van der Waals surface area contributed by atoms with Gasteiger partial charge in [0, 0.05) is 20.6 Å². The monoisotopic (exact) mass is 258 g/mol. The highest BCUT2D eigenvalue weighted by Crippen LogP contribution is 2.41. The summed E-state index contributed by atoms with van der Waals surface area (Å²) in [6, 6.07) is 0. The molecule has 1 saturated heterocycles. The number of ether oxygens (including phenoxy) is 4. The van der Waals surface area contributed by atoms with Crippen molar-refractivity contribution in [3.05, 3.63) is 12.2 Å².